The van der Waals surface area contributed by atoms with Crippen LogP contribution in [0.25, 0.3) is 0 Å². The van der Waals surface area contributed by atoms with Gasteiger partial charge in [-0.3, -0.25) is 14.5 Å². The summed E-state index contributed by atoms with van der Waals surface area (Å²) in [6, 6.07) is 5.79. The average Bonchev–Trinajstić information content (AvgIpc) is 2.79. The lowest BCUT2D eigenvalue weighted by atomic mass is 9.74. The molecule has 2 aliphatic heterocycles. The number of nitrogens with zero attached hydrogens (tertiary/aromatic N) is 3. The molecule has 8 nitrogen and oxygen atoms in total. The molecule has 178 valence electrons. The number of primary amides is 1. The van der Waals surface area contributed by atoms with E-state index in [1.54, 1.807) is 19.2 Å². The summed E-state index contributed by atoms with van der Waals surface area (Å²) in [6.45, 7) is 5.86. The molecule has 0 aromatic heterocycles. The molecule has 1 saturated heterocycles. The number of halogens is 1. The second-order valence-corrected chi connectivity index (χ2v) is 8.40. The first-order valence-electron chi connectivity index (χ1n) is 11.0. The standard InChI is InChI=1S/C23H34N4O4.ClH/c1-5-23(6-2)14-18(16-7-8-19(30-3)20(13-16)31-4)25-27(22(23)29)17-9-11-26(12-10-17)15-21(24)28;/h7-8,13,17H,5-6,9-12,14-15H2,1-4H3,(H2,24,28);1H. The van der Waals surface area contributed by atoms with Crippen molar-refractivity contribution in [1.82, 2.24) is 9.91 Å². The molecule has 1 aromatic rings. The fraction of sp³-hybridized carbons (Fsp3) is 0.609. The van der Waals surface area contributed by atoms with E-state index in [1.807, 2.05) is 23.1 Å². The Balaban J connectivity index is 0.00000363. The molecule has 0 bridgehead atoms. The molecule has 2 N–H and O–H groups in total. The number of hydrazone groups is 1. The van der Waals surface area contributed by atoms with E-state index in [0.29, 0.717) is 17.9 Å². The third-order valence-corrected chi connectivity index (χ3v) is 6.75. The number of likely N-dealkylation sites (tertiary alicyclic amines) is 1. The van der Waals surface area contributed by atoms with Gasteiger partial charge < -0.3 is 15.2 Å². The van der Waals surface area contributed by atoms with E-state index in [0.717, 1.165) is 50.0 Å². The van der Waals surface area contributed by atoms with E-state index in [9.17, 15) is 9.59 Å². The van der Waals surface area contributed by atoms with E-state index >= 15 is 0 Å². The zero-order valence-corrected chi connectivity index (χ0v) is 20.2. The molecule has 0 radical (unpaired) electrons. The summed E-state index contributed by atoms with van der Waals surface area (Å²) in [5.41, 5.74) is 6.70. The smallest absolute Gasteiger partial charge is 0.249 e. The van der Waals surface area contributed by atoms with Gasteiger partial charge in [-0.2, -0.15) is 5.10 Å². The van der Waals surface area contributed by atoms with Crippen LogP contribution in [0.3, 0.4) is 0 Å². The topological polar surface area (TPSA) is 97.5 Å². The van der Waals surface area contributed by atoms with Gasteiger partial charge in [-0.1, -0.05) is 13.8 Å². The molecule has 0 atom stereocenters. The first kappa shape index (κ1) is 25.9. The van der Waals surface area contributed by atoms with Crippen LogP contribution in [0.4, 0.5) is 0 Å². The van der Waals surface area contributed by atoms with Crippen LogP contribution in [0.15, 0.2) is 23.3 Å². The maximum absolute atomic E-state index is 13.6. The van der Waals surface area contributed by atoms with Crippen molar-refractivity contribution in [3.63, 3.8) is 0 Å². The largest absolute Gasteiger partial charge is 0.493 e. The van der Waals surface area contributed by atoms with Crippen LogP contribution in [0.2, 0.25) is 0 Å². The summed E-state index contributed by atoms with van der Waals surface area (Å²) in [6.07, 6.45) is 3.65. The van der Waals surface area contributed by atoms with E-state index in [2.05, 4.69) is 13.8 Å². The average molecular weight is 467 g/mol. The number of ether oxygens (including phenoxy) is 2. The first-order chi connectivity index (χ1) is 14.9. The van der Waals surface area contributed by atoms with Crippen molar-refractivity contribution in [1.29, 1.82) is 0 Å². The summed E-state index contributed by atoms with van der Waals surface area (Å²) in [7, 11) is 3.22. The SMILES string of the molecule is CCC1(CC)CC(c2ccc(OC)c(OC)c2)=NN(C2CCN(CC(N)=O)CC2)C1=O.Cl. The van der Waals surface area contributed by atoms with Crippen molar-refractivity contribution in [3.05, 3.63) is 23.8 Å². The predicted molar refractivity (Wildman–Crippen MR) is 126 cm³/mol. The number of hydrogen-bond donors (Lipinski definition) is 1. The van der Waals surface area contributed by atoms with Crippen LogP contribution < -0.4 is 15.2 Å². The van der Waals surface area contributed by atoms with Gasteiger partial charge in [-0.05, 0) is 43.9 Å². The van der Waals surface area contributed by atoms with Crippen molar-refractivity contribution in [2.24, 2.45) is 16.3 Å². The molecule has 2 aliphatic rings. The lowest BCUT2D eigenvalue weighted by Crippen LogP contribution is -2.53. The zero-order valence-electron chi connectivity index (χ0n) is 19.4. The molecule has 3 rings (SSSR count). The summed E-state index contributed by atoms with van der Waals surface area (Å²) in [5.74, 6) is 1.09. The molecule has 1 aromatic carbocycles. The van der Waals surface area contributed by atoms with Crippen molar-refractivity contribution in [2.45, 2.75) is 52.0 Å². The quantitative estimate of drug-likeness (QED) is 0.635. The monoisotopic (exact) mass is 466 g/mol. The summed E-state index contributed by atoms with van der Waals surface area (Å²) >= 11 is 0. The predicted octanol–water partition coefficient (Wildman–Crippen LogP) is 2.82. The maximum atomic E-state index is 13.6. The van der Waals surface area contributed by atoms with Crippen molar-refractivity contribution in [2.75, 3.05) is 33.9 Å². The van der Waals surface area contributed by atoms with E-state index in [4.69, 9.17) is 20.3 Å². The Hall–Kier alpha value is -2.32. The maximum Gasteiger partial charge on any atom is 0.249 e. The van der Waals surface area contributed by atoms with Crippen molar-refractivity contribution < 1.29 is 19.1 Å². The second-order valence-electron chi connectivity index (χ2n) is 8.40. The van der Waals surface area contributed by atoms with Gasteiger partial charge in [0, 0.05) is 25.1 Å². The fourth-order valence-corrected chi connectivity index (χ4v) is 4.62. The number of amides is 2. The molecular formula is C23H35ClN4O4. The second kappa shape index (κ2) is 11.0. The van der Waals surface area contributed by atoms with E-state index in [-0.39, 0.29) is 36.8 Å². The van der Waals surface area contributed by atoms with Crippen molar-refractivity contribution in [3.8, 4) is 11.5 Å². The fourth-order valence-electron chi connectivity index (χ4n) is 4.62. The van der Waals surface area contributed by atoms with Gasteiger partial charge in [0.15, 0.2) is 11.5 Å². The Bertz CT molecular complexity index is 848. The number of carbonyl (C=O) groups excluding carboxylic acids is 2. The normalized spacial score (nSPS) is 19.2. The highest BCUT2D eigenvalue weighted by molar-refractivity contribution is 6.06. The molecule has 0 saturated carbocycles. The Morgan fingerprint density at radius 2 is 1.78 bits per heavy atom. The molecule has 2 heterocycles. The highest BCUT2D eigenvalue weighted by Crippen LogP contribution is 2.40. The van der Waals surface area contributed by atoms with Gasteiger partial charge in [-0.25, -0.2) is 5.01 Å². The molecule has 2 amide bonds. The van der Waals surface area contributed by atoms with Crippen molar-refractivity contribution >= 4 is 29.9 Å². The van der Waals surface area contributed by atoms with E-state index < -0.39 is 5.41 Å². The number of nitrogens with two attached hydrogens (primary N) is 1. The molecule has 9 heteroatoms. The number of hydrogen-bond acceptors (Lipinski definition) is 6. The minimum atomic E-state index is -0.464. The molecule has 32 heavy (non-hydrogen) atoms. The minimum absolute atomic E-state index is 0. The Morgan fingerprint density at radius 1 is 1.16 bits per heavy atom. The van der Waals surface area contributed by atoms with Gasteiger partial charge in [-0.15, -0.1) is 12.4 Å². The number of carbonyl (C=O) groups is 2. The Labute approximate surface area is 196 Å². The highest BCUT2D eigenvalue weighted by Gasteiger charge is 2.45. The molecule has 0 aliphatic carbocycles. The van der Waals surface area contributed by atoms with Crippen LogP contribution in [-0.2, 0) is 9.59 Å². The van der Waals surface area contributed by atoms with Gasteiger partial charge in [0.25, 0.3) is 0 Å². The molecule has 0 spiro atoms. The molecular weight excluding hydrogens is 432 g/mol. The van der Waals surface area contributed by atoms with E-state index in [1.165, 1.54) is 0 Å². The van der Waals surface area contributed by atoms with Gasteiger partial charge in [0.2, 0.25) is 11.8 Å². The number of rotatable bonds is 8. The van der Waals surface area contributed by atoms with Crippen LogP contribution in [-0.4, -0.2) is 67.3 Å². The van der Waals surface area contributed by atoms with Gasteiger partial charge >= 0.3 is 0 Å². The summed E-state index contributed by atoms with van der Waals surface area (Å²) in [4.78, 5) is 26.8. The Kier molecular flexibility index (Phi) is 8.92. The Morgan fingerprint density at radius 3 is 2.31 bits per heavy atom. The zero-order chi connectivity index (χ0) is 22.6. The summed E-state index contributed by atoms with van der Waals surface area (Å²) < 4.78 is 10.8. The summed E-state index contributed by atoms with van der Waals surface area (Å²) in [5, 5.41) is 6.59. The number of piperidine rings is 1. The van der Waals surface area contributed by atoms with Crippen LogP contribution in [0, 0.1) is 5.41 Å². The molecule has 1 fully saturated rings. The minimum Gasteiger partial charge on any atom is -0.493 e. The number of methoxy groups -OCH3 is 2. The van der Waals surface area contributed by atoms with Gasteiger partial charge in [0.1, 0.15) is 0 Å². The third-order valence-electron chi connectivity index (χ3n) is 6.75. The van der Waals surface area contributed by atoms with Gasteiger partial charge in [0.05, 0.1) is 37.9 Å². The third kappa shape index (κ3) is 5.18. The lowest BCUT2D eigenvalue weighted by molar-refractivity contribution is -0.147. The number of benzene rings is 1. The first-order valence-corrected chi connectivity index (χ1v) is 11.0. The van der Waals surface area contributed by atoms with Crippen LogP contribution in [0.1, 0.15) is 51.5 Å². The van der Waals surface area contributed by atoms with Crippen LogP contribution in [0.5, 0.6) is 11.5 Å². The highest BCUT2D eigenvalue weighted by atomic mass is 35.5. The van der Waals surface area contributed by atoms with Crippen LogP contribution >= 0.6 is 12.4 Å². The molecule has 0 unspecified atom stereocenters. The lowest BCUT2D eigenvalue weighted by Gasteiger charge is -2.43.